The molecule has 2 rings (SSSR count). The molecule has 116 valence electrons. The van der Waals surface area contributed by atoms with E-state index in [1.807, 2.05) is 12.3 Å². The van der Waals surface area contributed by atoms with E-state index >= 15 is 0 Å². The molecule has 0 unspecified atom stereocenters. The van der Waals surface area contributed by atoms with Crippen LogP contribution in [0.1, 0.15) is 37.4 Å². The van der Waals surface area contributed by atoms with Crippen LogP contribution in [0.25, 0.3) is 6.08 Å². The first-order valence-corrected chi connectivity index (χ1v) is 8.54. The smallest absolute Gasteiger partial charge is 0.244 e. The van der Waals surface area contributed by atoms with Crippen LogP contribution in [0, 0.1) is 12.8 Å². The van der Waals surface area contributed by atoms with E-state index in [1.54, 1.807) is 23.5 Å². The molecule has 0 saturated carbocycles. The molecule has 4 nitrogen and oxygen atoms in total. The Hall–Kier alpha value is -1.20. The molecule has 5 heteroatoms. The SMILES string of the molecule is Cc1nc(/C=C\C(=O)NC[C@@H](C)N2CCC(C)CC2)cs1. The maximum Gasteiger partial charge on any atom is 0.244 e. The summed E-state index contributed by atoms with van der Waals surface area (Å²) in [6.07, 6.45) is 5.87. The zero-order chi connectivity index (χ0) is 15.2. The number of aromatic nitrogens is 1. The second kappa shape index (κ2) is 7.71. The fraction of sp³-hybridized carbons (Fsp3) is 0.625. The van der Waals surface area contributed by atoms with Gasteiger partial charge in [-0.2, -0.15) is 0 Å². The quantitative estimate of drug-likeness (QED) is 0.851. The number of hydrogen-bond donors (Lipinski definition) is 1. The molecule has 1 aliphatic heterocycles. The van der Waals surface area contributed by atoms with Crippen LogP contribution in [-0.4, -0.2) is 41.5 Å². The molecule has 1 aliphatic rings. The Balaban J connectivity index is 1.72. The Bertz CT molecular complexity index is 489. The summed E-state index contributed by atoms with van der Waals surface area (Å²) in [6.45, 7) is 9.45. The third kappa shape index (κ3) is 5.25. The van der Waals surface area contributed by atoms with Gasteiger partial charge in [-0.25, -0.2) is 4.98 Å². The largest absolute Gasteiger partial charge is 0.351 e. The molecule has 21 heavy (non-hydrogen) atoms. The number of thiazole rings is 1. The summed E-state index contributed by atoms with van der Waals surface area (Å²) >= 11 is 1.59. The zero-order valence-corrected chi connectivity index (χ0v) is 13.9. The summed E-state index contributed by atoms with van der Waals surface area (Å²) in [5.74, 6) is 0.797. The number of rotatable bonds is 5. The Morgan fingerprint density at radius 2 is 2.29 bits per heavy atom. The van der Waals surface area contributed by atoms with Crippen molar-refractivity contribution in [1.29, 1.82) is 0 Å². The van der Waals surface area contributed by atoms with Crippen LogP contribution in [-0.2, 0) is 4.79 Å². The van der Waals surface area contributed by atoms with E-state index in [9.17, 15) is 4.79 Å². The van der Waals surface area contributed by atoms with Crippen LogP contribution in [0.3, 0.4) is 0 Å². The second-order valence-electron chi connectivity index (χ2n) is 5.94. The normalized spacial score (nSPS) is 19.0. The molecular weight excluding hydrogens is 282 g/mol. The fourth-order valence-electron chi connectivity index (χ4n) is 2.52. The number of carbonyl (C=O) groups excluding carboxylic acids is 1. The fourth-order valence-corrected chi connectivity index (χ4v) is 3.10. The summed E-state index contributed by atoms with van der Waals surface area (Å²) in [5.41, 5.74) is 0.853. The van der Waals surface area contributed by atoms with Gasteiger partial charge in [0, 0.05) is 24.0 Å². The molecule has 1 fully saturated rings. The summed E-state index contributed by atoms with van der Waals surface area (Å²) in [4.78, 5) is 18.6. The van der Waals surface area contributed by atoms with Crippen LogP contribution in [0.2, 0.25) is 0 Å². The van der Waals surface area contributed by atoms with E-state index in [0.717, 1.165) is 29.7 Å². The van der Waals surface area contributed by atoms with E-state index < -0.39 is 0 Å². The highest BCUT2D eigenvalue weighted by molar-refractivity contribution is 7.09. The number of piperidine rings is 1. The zero-order valence-electron chi connectivity index (χ0n) is 13.1. The van der Waals surface area contributed by atoms with Gasteiger partial charge >= 0.3 is 0 Å². The number of aryl methyl sites for hydroxylation is 1. The highest BCUT2D eigenvalue weighted by atomic mass is 32.1. The molecule has 2 heterocycles. The molecule has 0 spiro atoms. The summed E-state index contributed by atoms with van der Waals surface area (Å²) in [6, 6.07) is 0.399. The van der Waals surface area contributed by atoms with Gasteiger partial charge < -0.3 is 5.32 Å². The maximum atomic E-state index is 11.8. The van der Waals surface area contributed by atoms with Crippen LogP contribution in [0.15, 0.2) is 11.5 Å². The van der Waals surface area contributed by atoms with E-state index in [1.165, 1.54) is 12.8 Å². The van der Waals surface area contributed by atoms with Crippen molar-refractivity contribution < 1.29 is 4.79 Å². The Morgan fingerprint density at radius 1 is 1.57 bits per heavy atom. The van der Waals surface area contributed by atoms with Gasteiger partial charge in [0.2, 0.25) is 5.91 Å². The van der Waals surface area contributed by atoms with Gasteiger partial charge in [-0.1, -0.05) is 6.92 Å². The Kier molecular flexibility index (Phi) is 5.94. The average molecular weight is 307 g/mol. The molecule has 1 aromatic heterocycles. The molecule has 0 aliphatic carbocycles. The third-order valence-corrected chi connectivity index (χ3v) is 4.85. The number of likely N-dealkylation sites (tertiary alicyclic amines) is 1. The lowest BCUT2D eigenvalue weighted by atomic mass is 9.98. The van der Waals surface area contributed by atoms with Crippen molar-refractivity contribution in [1.82, 2.24) is 15.2 Å². The van der Waals surface area contributed by atoms with Crippen LogP contribution in [0.4, 0.5) is 0 Å². The third-order valence-electron chi connectivity index (χ3n) is 4.06. The Labute approximate surface area is 131 Å². The van der Waals surface area contributed by atoms with Gasteiger partial charge in [0.1, 0.15) is 0 Å². The van der Waals surface area contributed by atoms with Gasteiger partial charge in [0.15, 0.2) is 0 Å². The molecule has 1 atom stereocenters. The molecule has 1 aromatic rings. The Morgan fingerprint density at radius 3 is 2.90 bits per heavy atom. The van der Waals surface area contributed by atoms with E-state index in [0.29, 0.717) is 12.6 Å². The molecule has 1 N–H and O–H groups in total. The van der Waals surface area contributed by atoms with Gasteiger partial charge in [-0.05, 0) is 51.8 Å². The monoisotopic (exact) mass is 307 g/mol. The maximum absolute atomic E-state index is 11.8. The van der Waals surface area contributed by atoms with Gasteiger partial charge in [-0.3, -0.25) is 9.69 Å². The molecule has 1 saturated heterocycles. The van der Waals surface area contributed by atoms with Crippen molar-refractivity contribution in [3.8, 4) is 0 Å². The molecule has 0 aromatic carbocycles. The van der Waals surface area contributed by atoms with Crippen molar-refractivity contribution in [2.75, 3.05) is 19.6 Å². The number of carbonyl (C=O) groups is 1. The van der Waals surface area contributed by atoms with Crippen molar-refractivity contribution >= 4 is 23.3 Å². The van der Waals surface area contributed by atoms with Crippen LogP contribution >= 0.6 is 11.3 Å². The first kappa shape index (κ1) is 16.2. The van der Waals surface area contributed by atoms with Crippen molar-refractivity contribution in [2.45, 2.75) is 39.7 Å². The predicted molar refractivity (Wildman–Crippen MR) is 88.3 cm³/mol. The topological polar surface area (TPSA) is 45.2 Å². The van der Waals surface area contributed by atoms with Crippen molar-refractivity contribution in [3.63, 3.8) is 0 Å². The summed E-state index contributed by atoms with van der Waals surface area (Å²) in [7, 11) is 0. The minimum absolute atomic E-state index is 0.0436. The molecular formula is C16H25N3OS. The predicted octanol–water partition coefficient (Wildman–Crippen LogP) is 2.70. The standard InChI is InChI=1S/C16H25N3OS/c1-12-6-8-19(9-7-12)13(2)10-17-16(20)5-4-15-11-21-14(3)18-15/h4-5,11-13H,6-10H2,1-3H3,(H,17,20)/b5-4-/t13-/m1/s1. The first-order chi connectivity index (χ1) is 10.0. The lowest BCUT2D eigenvalue weighted by Gasteiger charge is -2.34. The van der Waals surface area contributed by atoms with Gasteiger partial charge in [-0.15, -0.1) is 11.3 Å². The summed E-state index contributed by atoms with van der Waals surface area (Å²) < 4.78 is 0. The number of amides is 1. The number of nitrogens with one attached hydrogen (secondary N) is 1. The minimum Gasteiger partial charge on any atom is -0.351 e. The summed E-state index contributed by atoms with van der Waals surface area (Å²) in [5, 5.41) is 5.95. The van der Waals surface area contributed by atoms with Crippen LogP contribution in [0.5, 0.6) is 0 Å². The average Bonchev–Trinajstić information content (AvgIpc) is 2.89. The van der Waals surface area contributed by atoms with Crippen LogP contribution < -0.4 is 5.32 Å². The van der Waals surface area contributed by atoms with Crippen molar-refractivity contribution in [2.24, 2.45) is 5.92 Å². The van der Waals surface area contributed by atoms with E-state index in [4.69, 9.17) is 0 Å². The number of nitrogens with zero attached hydrogens (tertiary/aromatic N) is 2. The molecule has 0 bridgehead atoms. The van der Waals surface area contributed by atoms with E-state index in [-0.39, 0.29) is 5.91 Å². The van der Waals surface area contributed by atoms with E-state index in [2.05, 4.69) is 29.0 Å². The van der Waals surface area contributed by atoms with Gasteiger partial charge in [0.05, 0.1) is 10.7 Å². The molecule has 1 amide bonds. The highest BCUT2D eigenvalue weighted by Crippen LogP contribution is 2.17. The lowest BCUT2D eigenvalue weighted by molar-refractivity contribution is -0.116. The first-order valence-electron chi connectivity index (χ1n) is 7.66. The second-order valence-corrected chi connectivity index (χ2v) is 7.00. The van der Waals surface area contributed by atoms with Crippen molar-refractivity contribution in [3.05, 3.63) is 22.2 Å². The lowest BCUT2D eigenvalue weighted by Crippen LogP contribution is -2.45. The number of hydrogen-bond acceptors (Lipinski definition) is 4. The highest BCUT2D eigenvalue weighted by Gasteiger charge is 2.20. The molecule has 0 radical (unpaired) electrons. The minimum atomic E-state index is -0.0436. The van der Waals surface area contributed by atoms with Gasteiger partial charge in [0.25, 0.3) is 0 Å².